The van der Waals surface area contributed by atoms with Gasteiger partial charge in [-0.3, -0.25) is 4.79 Å². The van der Waals surface area contributed by atoms with Crippen molar-refractivity contribution in [1.29, 1.82) is 0 Å². The number of hydrogen-bond acceptors (Lipinski definition) is 5. The zero-order valence-electron chi connectivity index (χ0n) is 19.9. The molecule has 0 saturated heterocycles. The van der Waals surface area contributed by atoms with Gasteiger partial charge in [-0.2, -0.15) is 0 Å². The average Bonchev–Trinajstić information content (AvgIpc) is 3.49. The Morgan fingerprint density at radius 1 is 1.17 bits per heavy atom. The van der Waals surface area contributed by atoms with Crippen LogP contribution in [0.2, 0.25) is 0 Å². The summed E-state index contributed by atoms with van der Waals surface area (Å²) in [5.74, 6) is 0.462. The molecule has 178 valence electrons. The molecule has 0 spiro atoms. The molecule has 0 fully saturated rings. The molecular formula is C27H28N6O2. The van der Waals surface area contributed by atoms with Gasteiger partial charge in [0.2, 0.25) is 0 Å². The van der Waals surface area contributed by atoms with Crippen molar-refractivity contribution in [3.63, 3.8) is 0 Å². The van der Waals surface area contributed by atoms with Crippen molar-refractivity contribution in [3.8, 4) is 17.1 Å². The van der Waals surface area contributed by atoms with Gasteiger partial charge >= 0.3 is 0 Å². The lowest BCUT2D eigenvalue weighted by Gasteiger charge is -2.31. The molecule has 35 heavy (non-hydrogen) atoms. The maximum absolute atomic E-state index is 13.0. The SMILES string of the molecule is Cc1cc(-n2ccnc2)cc2[nH]c(-c3c(NC(Cc4ccccc4)C(C)(C)O)cc[nH]c3=O)nc12. The van der Waals surface area contributed by atoms with Crippen molar-refractivity contribution in [2.24, 2.45) is 0 Å². The molecule has 0 aliphatic rings. The number of benzene rings is 2. The number of aryl methyl sites for hydroxylation is 1. The Hall–Kier alpha value is -4.17. The Morgan fingerprint density at radius 3 is 2.69 bits per heavy atom. The second kappa shape index (κ2) is 8.88. The Kier molecular flexibility index (Phi) is 5.74. The number of H-pyrrole nitrogens is 2. The first-order valence-corrected chi connectivity index (χ1v) is 11.5. The van der Waals surface area contributed by atoms with Crippen LogP contribution in [0, 0.1) is 6.92 Å². The van der Waals surface area contributed by atoms with E-state index in [4.69, 9.17) is 4.98 Å². The van der Waals surface area contributed by atoms with Crippen LogP contribution >= 0.6 is 0 Å². The van der Waals surface area contributed by atoms with E-state index in [0.29, 0.717) is 23.5 Å². The number of hydrogen-bond donors (Lipinski definition) is 4. The number of pyridine rings is 1. The van der Waals surface area contributed by atoms with E-state index in [1.807, 2.05) is 60.2 Å². The van der Waals surface area contributed by atoms with Crippen LogP contribution < -0.4 is 10.9 Å². The lowest BCUT2D eigenvalue weighted by Crippen LogP contribution is -2.43. The molecule has 2 aromatic carbocycles. The van der Waals surface area contributed by atoms with Gasteiger partial charge in [0.15, 0.2) is 0 Å². The summed E-state index contributed by atoms with van der Waals surface area (Å²) in [5, 5.41) is 14.3. The standard InChI is InChI=1S/C27H28N6O2/c1-17-13-19(33-12-11-28-16-33)15-21-24(17)32-25(31-21)23-20(9-10-29-26(23)34)30-22(27(2,3)35)14-18-7-5-4-6-8-18/h4-13,15-16,22,35H,14H2,1-3H3,(H,31,32)(H2,29,30,34). The third-order valence-electron chi connectivity index (χ3n) is 6.23. The van der Waals surface area contributed by atoms with E-state index in [9.17, 15) is 9.90 Å². The van der Waals surface area contributed by atoms with Gasteiger partial charge in [0.25, 0.3) is 5.56 Å². The first kappa shape index (κ1) is 22.6. The van der Waals surface area contributed by atoms with Gasteiger partial charge < -0.3 is 25.0 Å². The summed E-state index contributed by atoms with van der Waals surface area (Å²) in [6.07, 6.45) is 7.54. The van der Waals surface area contributed by atoms with Gasteiger partial charge in [0.05, 0.1) is 34.7 Å². The number of anilines is 1. The summed E-state index contributed by atoms with van der Waals surface area (Å²) in [6, 6.07) is 15.5. The summed E-state index contributed by atoms with van der Waals surface area (Å²) in [7, 11) is 0. The van der Waals surface area contributed by atoms with Crippen LogP contribution in [0.25, 0.3) is 28.1 Å². The molecule has 8 heteroatoms. The van der Waals surface area contributed by atoms with Crippen LogP contribution in [0.4, 0.5) is 5.69 Å². The van der Waals surface area contributed by atoms with Gasteiger partial charge in [-0.15, -0.1) is 0 Å². The smallest absolute Gasteiger partial charge is 0.261 e. The molecule has 0 radical (unpaired) electrons. The average molecular weight is 469 g/mol. The zero-order chi connectivity index (χ0) is 24.6. The normalized spacial score (nSPS) is 12.7. The molecule has 0 aliphatic heterocycles. The maximum atomic E-state index is 13.0. The van der Waals surface area contributed by atoms with Crippen LogP contribution in [-0.4, -0.2) is 41.3 Å². The van der Waals surface area contributed by atoms with Crippen molar-refractivity contribution in [1.82, 2.24) is 24.5 Å². The van der Waals surface area contributed by atoms with E-state index >= 15 is 0 Å². The molecule has 0 saturated carbocycles. The summed E-state index contributed by atoms with van der Waals surface area (Å²) in [5.41, 5.74) is 4.32. The fraction of sp³-hybridized carbons (Fsp3) is 0.222. The van der Waals surface area contributed by atoms with E-state index in [-0.39, 0.29) is 11.6 Å². The van der Waals surface area contributed by atoms with Gasteiger partial charge in [-0.25, -0.2) is 9.97 Å². The highest BCUT2D eigenvalue weighted by Gasteiger charge is 2.28. The predicted molar refractivity (Wildman–Crippen MR) is 138 cm³/mol. The van der Waals surface area contributed by atoms with Gasteiger partial charge in [0.1, 0.15) is 11.4 Å². The molecule has 0 amide bonds. The first-order chi connectivity index (χ1) is 16.8. The van der Waals surface area contributed by atoms with Crippen molar-refractivity contribution in [2.45, 2.75) is 38.8 Å². The predicted octanol–water partition coefficient (Wildman–Crippen LogP) is 4.21. The molecule has 0 aliphatic carbocycles. The molecule has 0 bridgehead atoms. The van der Waals surface area contributed by atoms with E-state index in [1.54, 1.807) is 38.6 Å². The van der Waals surface area contributed by atoms with E-state index < -0.39 is 5.60 Å². The third kappa shape index (κ3) is 4.61. The number of aromatic amines is 2. The van der Waals surface area contributed by atoms with E-state index in [1.165, 1.54) is 0 Å². The highest BCUT2D eigenvalue weighted by Crippen LogP contribution is 2.29. The minimum absolute atomic E-state index is 0.268. The number of fused-ring (bicyclic) bond motifs is 1. The molecule has 1 atom stereocenters. The minimum Gasteiger partial charge on any atom is -0.388 e. The van der Waals surface area contributed by atoms with Crippen LogP contribution in [0.3, 0.4) is 0 Å². The monoisotopic (exact) mass is 468 g/mol. The van der Waals surface area contributed by atoms with Crippen LogP contribution in [-0.2, 0) is 6.42 Å². The zero-order valence-corrected chi connectivity index (χ0v) is 19.9. The van der Waals surface area contributed by atoms with Crippen molar-refractivity contribution < 1.29 is 5.11 Å². The Labute approximate surface area is 202 Å². The Balaban J connectivity index is 1.56. The lowest BCUT2D eigenvalue weighted by atomic mass is 9.92. The fourth-order valence-electron chi connectivity index (χ4n) is 4.30. The van der Waals surface area contributed by atoms with Gasteiger partial charge in [-0.1, -0.05) is 30.3 Å². The van der Waals surface area contributed by atoms with E-state index in [2.05, 4.69) is 20.3 Å². The van der Waals surface area contributed by atoms with Crippen molar-refractivity contribution >= 4 is 16.7 Å². The number of rotatable bonds is 7. The van der Waals surface area contributed by atoms with E-state index in [0.717, 1.165) is 27.8 Å². The number of nitrogens with one attached hydrogen (secondary N) is 3. The molecular weight excluding hydrogens is 440 g/mol. The lowest BCUT2D eigenvalue weighted by molar-refractivity contribution is 0.0592. The van der Waals surface area contributed by atoms with Crippen molar-refractivity contribution in [2.75, 3.05) is 5.32 Å². The maximum Gasteiger partial charge on any atom is 0.261 e. The number of imidazole rings is 2. The van der Waals surface area contributed by atoms with Gasteiger partial charge in [0, 0.05) is 24.3 Å². The molecule has 5 aromatic rings. The molecule has 4 N–H and O–H groups in total. The Bertz CT molecular complexity index is 1510. The largest absolute Gasteiger partial charge is 0.388 e. The van der Waals surface area contributed by atoms with Gasteiger partial charge in [-0.05, 0) is 56.5 Å². The quantitative estimate of drug-likeness (QED) is 0.286. The highest BCUT2D eigenvalue weighted by atomic mass is 16.3. The fourth-order valence-corrected chi connectivity index (χ4v) is 4.30. The summed E-state index contributed by atoms with van der Waals surface area (Å²) < 4.78 is 1.92. The highest BCUT2D eigenvalue weighted by molar-refractivity contribution is 5.86. The summed E-state index contributed by atoms with van der Waals surface area (Å²) >= 11 is 0. The second-order valence-corrected chi connectivity index (χ2v) is 9.35. The second-order valence-electron chi connectivity index (χ2n) is 9.35. The van der Waals surface area contributed by atoms with Crippen LogP contribution in [0.5, 0.6) is 0 Å². The Morgan fingerprint density at radius 2 is 1.97 bits per heavy atom. The molecule has 3 heterocycles. The first-order valence-electron chi connectivity index (χ1n) is 11.5. The molecule has 1 unspecified atom stereocenters. The summed E-state index contributed by atoms with van der Waals surface area (Å²) in [4.78, 5) is 28.0. The number of aliphatic hydroxyl groups is 1. The molecule has 8 nitrogen and oxygen atoms in total. The minimum atomic E-state index is -1.04. The summed E-state index contributed by atoms with van der Waals surface area (Å²) in [6.45, 7) is 5.53. The molecule has 3 aromatic heterocycles. The number of nitrogens with zero attached hydrogens (tertiary/aromatic N) is 3. The van der Waals surface area contributed by atoms with Crippen LogP contribution in [0.1, 0.15) is 25.0 Å². The van der Waals surface area contributed by atoms with Crippen molar-refractivity contribution in [3.05, 3.63) is 94.9 Å². The topological polar surface area (TPSA) is 112 Å². The third-order valence-corrected chi connectivity index (χ3v) is 6.23. The number of aromatic nitrogens is 5. The molecule has 5 rings (SSSR count). The van der Waals surface area contributed by atoms with Crippen LogP contribution in [0.15, 0.2) is 78.2 Å².